The summed E-state index contributed by atoms with van der Waals surface area (Å²) in [4.78, 5) is 27.7. The van der Waals surface area contributed by atoms with Gasteiger partial charge in [0.25, 0.3) is 11.1 Å². The Labute approximate surface area is 196 Å². The van der Waals surface area contributed by atoms with Crippen molar-refractivity contribution in [3.63, 3.8) is 0 Å². The van der Waals surface area contributed by atoms with E-state index >= 15 is 0 Å². The van der Waals surface area contributed by atoms with Crippen molar-refractivity contribution in [2.45, 2.75) is 26.5 Å². The number of carbonyl (C=O) groups is 2. The van der Waals surface area contributed by atoms with Crippen LogP contribution >= 0.6 is 11.8 Å². The van der Waals surface area contributed by atoms with E-state index in [1.54, 1.807) is 6.08 Å². The zero-order chi connectivity index (χ0) is 22.9. The molecule has 0 saturated carbocycles. The van der Waals surface area contributed by atoms with E-state index in [1.807, 2.05) is 92.7 Å². The van der Waals surface area contributed by atoms with Crippen molar-refractivity contribution in [2.24, 2.45) is 0 Å². The highest BCUT2D eigenvalue weighted by molar-refractivity contribution is 8.18. The van der Waals surface area contributed by atoms with Crippen LogP contribution in [0.3, 0.4) is 0 Å². The minimum absolute atomic E-state index is 0.0127. The monoisotopic (exact) mass is 453 g/mol. The van der Waals surface area contributed by atoms with Gasteiger partial charge in [-0.15, -0.1) is 0 Å². The molecule has 4 nitrogen and oxygen atoms in total. The average Bonchev–Trinajstić information content (AvgIpc) is 3.07. The highest BCUT2D eigenvalue weighted by Gasteiger charge is 2.35. The standard InChI is InChI=1S/C28H23NO3S/c1-18(2)32-25-14-13-21-8-5-6-10-23(21)24(25)16-26-27(30)29(28(31)33-26)17-19-11-12-20-7-3-4-9-22(20)15-19/h3-16,18H,17H2,1-2H3/b26-16-. The first-order chi connectivity index (χ1) is 16.0. The maximum atomic E-state index is 13.2. The van der Waals surface area contributed by atoms with Crippen molar-refractivity contribution in [1.82, 2.24) is 4.90 Å². The van der Waals surface area contributed by atoms with Crippen molar-refractivity contribution in [3.05, 3.63) is 94.9 Å². The molecule has 0 unspecified atom stereocenters. The van der Waals surface area contributed by atoms with Gasteiger partial charge in [-0.3, -0.25) is 14.5 Å². The summed E-state index contributed by atoms with van der Waals surface area (Å²) in [6, 6.07) is 26.0. The van der Waals surface area contributed by atoms with E-state index in [-0.39, 0.29) is 23.8 Å². The molecule has 1 aliphatic rings. The van der Waals surface area contributed by atoms with Gasteiger partial charge >= 0.3 is 0 Å². The molecule has 5 heteroatoms. The molecule has 1 fully saturated rings. The molecule has 1 heterocycles. The summed E-state index contributed by atoms with van der Waals surface area (Å²) in [5.41, 5.74) is 1.74. The van der Waals surface area contributed by atoms with E-state index in [0.29, 0.717) is 10.7 Å². The lowest BCUT2D eigenvalue weighted by molar-refractivity contribution is -0.123. The van der Waals surface area contributed by atoms with Crippen molar-refractivity contribution in [1.29, 1.82) is 0 Å². The fourth-order valence-corrected chi connectivity index (χ4v) is 4.89. The Morgan fingerprint density at radius 2 is 1.58 bits per heavy atom. The van der Waals surface area contributed by atoms with Crippen LogP contribution in [-0.4, -0.2) is 22.2 Å². The predicted molar refractivity (Wildman–Crippen MR) is 135 cm³/mol. The number of amides is 2. The lowest BCUT2D eigenvalue weighted by Gasteiger charge is -2.15. The summed E-state index contributed by atoms with van der Waals surface area (Å²) in [5, 5.41) is 3.99. The SMILES string of the molecule is CC(C)Oc1ccc2ccccc2c1/C=C1\SC(=O)N(Cc2ccc3ccccc3c2)C1=O. The topological polar surface area (TPSA) is 46.6 Å². The molecule has 164 valence electrons. The molecule has 0 aliphatic carbocycles. The van der Waals surface area contributed by atoms with Crippen LogP contribution in [-0.2, 0) is 11.3 Å². The number of hydrogen-bond donors (Lipinski definition) is 0. The van der Waals surface area contributed by atoms with Crippen LogP contribution in [0.1, 0.15) is 25.0 Å². The van der Waals surface area contributed by atoms with Crippen LogP contribution < -0.4 is 4.74 Å². The first-order valence-corrected chi connectivity index (χ1v) is 11.7. The maximum Gasteiger partial charge on any atom is 0.293 e. The summed E-state index contributed by atoms with van der Waals surface area (Å²) in [5.74, 6) is 0.423. The smallest absolute Gasteiger partial charge is 0.293 e. The van der Waals surface area contributed by atoms with Crippen LogP contribution in [0.15, 0.2) is 83.8 Å². The predicted octanol–water partition coefficient (Wildman–Crippen LogP) is 7.02. The third kappa shape index (κ3) is 4.24. The number of ether oxygens (including phenoxy) is 1. The number of thioether (sulfide) groups is 1. The second-order valence-electron chi connectivity index (χ2n) is 8.31. The normalized spacial score (nSPS) is 15.4. The van der Waals surface area contributed by atoms with Crippen LogP contribution in [0.4, 0.5) is 4.79 Å². The molecule has 0 radical (unpaired) electrons. The summed E-state index contributed by atoms with van der Waals surface area (Å²) >= 11 is 0.979. The third-order valence-corrected chi connectivity index (χ3v) is 6.50. The maximum absolute atomic E-state index is 13.2. The van der Waals surface area contributed by atoms with Gasteiger partial charge in [-0.1, -0.05) is 66.7 Å². The van der Waals surface area contributed by atoms with Gasteiger partial charge in [0.2, 0.25) is 0 Å². The first-order valence-electron chi connectivity index (χ1n) is 10.9. The van der Waals surface area contributed by atoms with Gasteiger partial charge in [0.1, 0.15) is 5.75 Å². The van der Waals surface area contributed by atoms with Gasteiger partial charge in [-0.05, 0) is 70.9 Å². The fraction of sp³-hybridized carbons (Fsp3) is 0.143. The Hall–Kier alpha value is -3.57. The van der Waals surface area contributed by atoms with E-state index < -0.39 is 0 Å². The zero-order valence-corrected chi connectivity index (χ0v) is 19.3. The molecule has 0 atom stereocenters. The van der Waals surface area contributed by atoms with E-state index in [2.05, 4.69) is 0 Å². The van der Waals surface area contributed by atoms with E-state index in [0.717, 1.165) is 44.4 Å². The van der Waals surface area contributed by atoms with E-state index in [4.69, 9.17) is 4.74 Å². The van der Waals surface area contributed by atoms with Crippen molar-refractivity contribution in [2.75, 3.05) is 0 Å². The summed E-state index contributed by atoms with van der Waals surface area (Å²) in [6.45, 7) is 4.19. The summed E-state index contributed by atoms with van der Waals surface area (Å²) in [6.07, 6.45) is 1.78. The molecule has 0 bridgehead atoms. The number of benzene rings is 4. The Balaban J connectivity index is 1.49. The molecule has 0 spiro atoms. The Bertz CT molecular complexity index is 1420. The number of fused-ring (bicyclic) bond motifs is 2. The van der Waals surface area contributed by atoms with Gasteiger partial charge in [0.15, 0.2) is 0 Å². The van der Waals surface area contributed by atoms with Crippen molar-refractivity contribution >= 4 is 50.5 Å². The van der Waals surface area contributed by atoms with Crippen LogP contribution in [0, 0.1) is 0 Å². The Morgan fingerprint density at radius 3 is 2.36 bits per heavy atom. The second-order valence-corrected chi connectivity index (χ2v) is 9.31. The van der Waals surface area contributed by atoms with Gasteiger partial charge in [-0.2, -0.15) is 0 Å². The molecule has 4 aromatic rings. The lowest BCUT2D eigenvalue weighted by atomic mass is 10.0. The highest BCUT2D eigenvalue weighted by atomic mass is 32.2. The summed E-state index contributed by atoms with van der Waals surface area (Å²) < 4.78 is 6.03. The van der Waals surface area contributed by atoms with Crippen LogP contribution in [0.5, 0.6) is 5.75 Å². The molecule has 4 aromatic carbocycles. The van der Waals surface area contributed by atoms with Gasteiger partial charge < -0.3 is 4.74 Å². The molecule has 1 aliphatic heterocycles. The molecule has 2 amide bonds. The minimum Gasteiger partial charge on any atom is -0.490 e. The molecule has 0 N–H and O–H groups in total. The number of hydrogen-bond acceptors (Lipinski definition) is 4. The molecular weight excluding hydrogens is 430 g/mol. The molecular formula is C28H23NO3S. The van der Waals surface area contributed by atoms with Gasteiger partial charge in [0.05, 0.1) is 17.6 Å². The zero-order valence-electron chi connectivity index (χ0n) is 18.4. The number of nitrogens with zero attached hydrogens (tertiary/aromatic N) is 1. The highest BCUT2D eigenvalue weighted by Crippen LogP contribution is 2.37. The van der Waals surface area contributed by atoms with Crippen LogP contribution in [0.2, 0.25) is 0 Å². The number of carbonyl (C=O) groups excluding carboxylic acids is 2. The molecule has 33 heavy (non-hydrogen) atoms. The van der Waals surface area contributed by atoms with Gasteiger partial charge in [-0.25, -0.2) is 0 Å². The fourth-order valence-electron chi connectivity index (χ4n) is 4.07. The van der Waals surface area contributed by atoms with Crippen LogP contribution in [0.25, 0.3) is 27.6 Å². The average molecular weight is 454 g/mol. The Morgan fingerprint density at radius 1 is 0.879 bits per heavy atom. The number of rotatable bonds is 5. The van der Waals surface area contributed by atoms with Crippen molar-refractivity contribution in [3.8, 4) is 5.75 Å². The van der Waals surface area contributed by atoms with E-state index in [1.165, 1.54) is 4.90 Å². The first kappa shape index (κ1) is 21.3. The van der Waals surface area contributed by atoms with Crippen molar-refractivity contribution < 1.29 is 14.3 Å². The van der Waals surface area contributed by atoms with Gasteiger partial charge in [0, 0.05) is 5.56 Å². The Kier molecular flexibility index (Phi) is 5.65. The minimum atomic E-state index is -0.276. The number of imide groups is 1. The molecule has 0 aromatic heterocycles. The lowest BCUT2D eigenvalue weighted by Crippen LogP contribution is -2.27. The third-order valence-electron chi connectivity index (χ3n) is 5.60. The largest absolute Gasteiger partial charge is 0.490 e. The summed E-state index contributed by atoms with van der Waals surface area (Å²) in [7, 11) is 0. The molecule has 5 rings (SSSR count). The second kappa shape index (κ2) is 8.75. The quantitative estimate of drug-likeness (QED) is 0.305. The molecule has 1 saturated heterocycles. The van der Waals surface area contributed by atoms with E-state index in [9.17, 15) is 9.59 Å².